The standard InChI is InChI=1S/C6H10O5S.Na/c1-2-3-11-4-6(7)5-12(8,9)10;/h2,5,7H,1,3-4H2,(H,8,9,10);/q;+1/p-1. The first-order valence-corrected chi connectivity index (χ1v) is 4.47. The Bertz CT molecular complexity index is 269. The summed E-state index contributed by atoms with van der Waals surface area (Å²) in [6.07, 6.45) is 1.43. The number of rotatable bonds is 5. The van der Waals surface area contributed by atoms with Gasteiger partial charge in [-0.05, 0) is 0 Å². The van der Waals surface area contributed by atoms with Gasteiger partial charge in [0.1, 0.15) is 22.5 Å². The quantitative estimate of drug-likeness (QED) is 0.175. The van der Waals surface area contributed by atoms with Gasteiger partial charge in [-0.1, -0.05) is 6.08 Å². The summed E-state index contributed by atoms with van der Waals surface area (Å²) in [6, 6.07) is 0. The molecule has 5 nitrogen and oxygen atoms in total. The van der Waals surface area contributed by atoms with Gasteiger partial charge < -0.3 is 14.4 Å². The van der Waals surface area contributed by atoms with Gasteiger partial charge in [0.05, 0.1) is 12.0 Å². The van der Waals surface area contributed by atoms with Gasteiger partial charge in [-0.2, -0.15) is 0 Å². The molecular formula is C6H9NaO5S. The molecule has 0 rings (SSSR count). The maximum absolute atomic E-state index is 10.0. The molecule has 0 heterocycles. The minimum atomic E-state index is -4.53. The number of ether oxygens (including phenoxy) is 1. The van der Waals surface area contributed by atoms with Crippen LogP contribution in [0.4, 0.5) is 0 Å². The molecule has 0 saturated carbocycles. The summed E-state index contributed by atoms with van der Waals surface area (Å²) in [4.78, 5) is 0. The van der Waals surface area contributed by atoms with E-state index < -0.39 is 15.9 Å². The van der Waals surface area contributed by atoms with Gasteiger partial charge in [0.2, 0.25) is 0 Å². The monoisotopic (exact) mass is 216 g/mol. The van der Waals surface area contributed by atoms with Crippen LogP contribution in [0.5, 0.6) is 0 Å². The zero-order valence-corrected chi connectivity index (χ0v) is 10.1. The Kier molecular flexibility index (Phi) is 9.06. The number of hydrogen-bond donors (Lipinski definition) is 1. The first kappa shape index (κ1) is 15.6. The number of aliphatic hydroxyl groups is 1. The molecule has 0 aromatic carbocycles. The molecule has 1 N–H and O–H groups in total. The third-order valence-corrected chi connectivity index (χ3v) is 1.33. The summed E-state index contributed by atoms with van der Waals surface area (Å²) >= 11 is 0. The molecule has 0 aromatic rings. The Morgan fingerprint density at radius 1 is 1.62 bits per heavy atom. The van der Waals surface area contributed by atoms with Crippen molar-refractivity contribution in [2.24, 2.45) is 0 Å². The second-order valence-electron chi connectivity index (χ2n) is 1.91. The van der Waals surface area contributed by atoms with E-state index in [-0.39, 0.29) is 48.2 Å². The number of aliphatic hydroxyl groups excluding tert-OH is 1. The van der Waals surface area contributed by atoms with Gasteiger partial charge in [-0.3, -0.25) is 0 Å². The van der Waals surface area contributed by atoms with Crippen molar-refractivity contribution in [2.75, 3.05) is 13.2 Å². The smallest absolute Gasteiger partial charge is 0.744 e. The molecule has 0 aliphatic carbocycles. The topological polar surface area (TPSA) is 86.7 Å². The van der Waals surface area contributed by atoms with Crippen molar-refractivity contribution in [1.29, 1.82) is 0 Å². The van der Waals surface area contributed by atoms with Crippen LogP contribution in [0.1, 0.15) is 0 Å². The zero-order valence-electron chi connectivity index (χ0n) is 7.26. The first-order chi connectivity index (χ1) is 5.45. The minimum Gasteiger partial charge on any atom is -0.744 e. The molecule has 0 aliphatic heterocycles. The second kappa shape index (κ2) is 7.54. The zero-order chi connectivity index (χ0) is 9.61. The van der Waals surface area contributed by atoms with Crippen molar-refractivity contribution >= 4 is 10.1 Å². The van der Waals surface area contributed by atoms with Gasteiger partial charge in [-0.15, -0.1) is 6.58 Å². The van der Waals surface area contributed by atoms with Crippen molar-refractivity contribution in [3.05, 3.63) is 23.8 Å². The average molecular weight is 216 g/mol. The van der Waals surface area contributed by atoms with Crippen LogP contribution in [-0.2, 0) is 14.9 Å². The normalized spacial score (nSPS) is 11.9. The van der Waals surface area contributed by atoms with Crippen LogP contribution in [0.15, 0.2) is 23.8 Å². The van der Waals surface area contributed by atoms with E-state index in [1.54, 1.807) is 0 Å². The van der Waals surface area contributed by atoms with Crippen LogP contribution in [0.3, 0.4) is 0 Å². The van der Waals surface area contributed by atoms with Gasteiger partial charge in [0, 0.05) is 0 Å². The molecule has 0 fully saturated rings. The largest absolute Gasteiger partial charge is 1.00 e. The van der Waals surface area contributed by atoms with E-state index in [9.17, 15) is 13.0 Å². The summed E-state index contributed by atoms with van der Waals surface area (Å²) in [7, 11) is -4.53. The molecule has 0 atom stereocenters. The van der Waals surface area contributed by atoms with Gasteiger partial charge in [0.25, 0.3) is 0 Å². The van der Waals surface area contributed by atoms with E-state index in [4.69, 9.17) is 5.11 Å². The minimum absolute atomic E-state index is 0. The predicted molar refractivity (Wildman–Crippen MR) is 41.4 cm³/mol. The van der Waals surface area contributed by atoms with Crippen LogP contribution >= 0.6 is 0 Å². The van der Waals surface area contributed by atoms with Crippen molar-refractivity contribution in [3.63, 3.8) is 0 Å². The molecule has 0 saturated heterocycles. The summed E-state index contributed by atoms with van der Waals surface area (Å²) in [5.74, 6) is -0.619. The molecule has 0 spiro atoms. The third kappa shape index (κ3) is 12.1. The van der Waals surface area contributed by atoms with Crippen LogP contribution in [0.2, 0.25) is 0 Å². The molecule has 7 heteroatoms. The first-order valence-electron chi connectivity index (χ1n) is 3.00. The molecule has 0 bridgehead atoms. The Morgan fingerprint density at radius 2 is 2.15 bits per heavy atom. The summed E-state index contributed by atoms with van der Waals surface area (Å²) < 4.78 is 34.7. The molecule has 0 radical (unpaired) electrons. The van der Waals surface area contributed by atoms with E-state index in [0.29, 0.717) is 0 Å². The average Bonchev–Trinajstić information content (AvgIpc) is 1.84. The maximum atomic E-state index is 10.0. The maximum Gasteiger partial charge on any atom is 1.00 e. The van der Waals surface area contributed by atoms with Crippen molar-refractivity contribution in [2.45, 2.75) is 0 Å². The van der Waals surface area contributed by atoms with Gasteiger partial charge in [-0.25, -0.2) is 8.42 Å². The molecule has 0 aliphatic rings. The summed E-state index contributed by atoms with van der Waals surface area (Å²) in [6.45, 7) is 3.19. The van der Waals surface area contributed by atoms with E-state index in [2.05, 4.69) is 11.3 Å². The second-order valence-corrected chi connectivity index (χ2v) is 3.13. The SMILES string of the molecule is C=CCOCC(O)=CS(=O)(=O)[O-].[Na+]. The Morgan fingerprint density at radius 3 is 2.54 bits per heavy atom. The molecule has 0 aromatic heterocycles. The number of hydrogen-bond acceptors (Lipinski definition) is 5. The Labute approximate surface area is 99.1 Å². The fourth-order valence-corrected chi connectivity index (χ4v) is 0.849. The van der Waals surface area contributed by atoms with Crippen LogP contribution < -0.4 is 29.6 Å². The van der Waals surface area contributed by atoms with Crippen molar-refractivity contribution in [3.8, 4) is 0 Å². The fraction of sp³-hybridized carbons (Fsp3) is 0.333. The van der Waals surface area contributed by atoms with E-state index >= 15 is 0 Å². The Balaban J connectivity index is 0. The van der Waals surface area contributed by atoms with Crippen molar-refractivity contribution in [1.82, 2.24) is 0 Å². The molecule has 0 unspecified atom stereocenters. The van der Waals surface area contributed by atoms with Crippen molar-refractivity contribution < 1.29 is 52.4 Å². The fourth-order valence-electron chi connectivity index (χ4n) is 0.447. The van der Waals surface area contributed by atoms with Crippen LogP contribution in [0, 0.1) is 0 Å². The third-order valence-electron chi connectivity index (χ3n) is 0.766. The molecular weight excluding hydrogens is 207 g/mol. The Hall–Kier alpha value is 0.150. The predicted octanol–water partition coefficient (Wildman–Crippen LogP) is -2.86. The van der Waals surface area contributed by atoms with E-state index in [0.717, 1.165) is 0 Å². The molecule has 70 valence electrons. The molecule has 0 amide bonds. The van der Waals surface area contributed by atoms with Crippen LogP contribution in [-0.4, -0.2) is 31.3 Å². The summed E-state index contributed by atoms with van der Waals surface area (Å²) in [5.41, 5.74) is 0. The van der Waals surface area contributed by atoms with Gasteiger partial charge in [0.15, 0.2) is 0 Å². The molecule has 13 heavy (non-hydrogen) atoms. The van der Waals surface area contributed by atoms with Gasteiger partial charge >= 0.3 is 29.6 Å². The summed E-state index contributed by atoms with van der Waals surface area (Å²) in [5, 5.41) is 8.94. The van der Waals surface area contributed by atoms with Crippen LogP contribution in [0.25, 0.3) is 0 Å². The van der Waals surface area contributed by atoms with E-state index in [1.807, 2.05) is 0 Å². The van der Waals surface area contributed by atoms with E-state index in [1.165, 1.54) is 6.08 Å².